The second kappa shape index (κ2) is 4.77. The number of nitrogens with zero attached hydrogens (tertiary/aromatic N) is 1. The molecule has 1 N–H and O–H groups in total. The van der Waals surface area contributed by atoms with Gasteiger partial charge < -0.3 is 5.11 Å². The molecule has 1 aromatic carbocycles. The number of aromatic carboxylic acids is 1. The zero-order valence-corrected chi connectivity index (χ0v) is 11.9. The van der Waals surface area contributed by atoms with Gasteiger partial charge in [0, 0.05) is 6.54 Å². The average molecular weight is 295 g/mol. The van der Waals surface area contributed by atoms with Crippen LogP contribution < -0.4 is 4.31 Å². The number of carboxylic acid groups (broad SMARTS) is 1. The van der Waals surface area contributed by atoms with Crippen molar-refractivity contribution in [1.29, 1.82) is 0 Å². The van der Waals surface area contributed by atoms with Crippen molar-refractivity contribution in [3.63, 3.8) is 0 Å². The van der Waals surface area contributed by atoms with Crippen molar-refractivity contribution >= 4 is 21.7 Å². The standard InChI is InChI=1S/C14H17NO4S/c16-14(17)11-6-5-10-7-8-15(13(10)9-11)20(18,19)12-3-1-2-4-12/h5-6,9,12H,1-4,7-8H2,(H,16,17). The van der Waals surface area contributed by atoms with E-state index in [4.69, 9.17) is 5.11 Å². The van der Waals surface area contributed by atoms with Gasteiger partial charge >= 0.3 is 5.97 Å². The van der Waals surface area contributed by atoms with E-state index in [2.05, 4.69) is 0 Å². The van der Waals surface area contributed by atoms with Crippen LogP contribution in [0.1, 0.15) is 41.6 Å². The van der Waals surface area contributed by atoms with E-state index < -0.39 is 16.0 Å². The summed E-state index contributed by atoms with van der Waals surface area (Å²) < 4.78 is 26.7. The quantitative estimate of drug-likeness (QED) is 0.925. The fraction of sp³-hybridized carbons (Fsp3) is 0.500. The molecular formula is C14H17NO4S. The third-order valence-corrected chi connectivity index (χ3v) is 6.52. The lowest BCUT2D eigenvalue weighted by atomic mass is 10.1. The molecule has 20 heavy (non-hydrogen) atoms. The number of carbonyl (C=O) groups is 1. The van der Waals surface area contributed by atoms with E-state index in [9.17, 15) is 13.2 Å². The van der Waals surface area contributed by atoms with Gasteiger partial charge in [-0.25, -0.2) is 13.2 Å². The van der Waals surface area contributed by atoms with Crippen molar-refractivity contribution < 1.29 is 18.3 Å². The smallest absolute Gasteiger partial charge is 0.335 e. The molecule has 2 aliphatic rings. The molecule has 0 atom stereocenters. The molecule has 108 valence electrons. The Hall–Kier alpha value is -1.56. The zero-order valence-electron chi connectivity index (χ0n) is 11.1. The first-order valence-electron chi connectivity index (χ1n) is 6.88. The van der Waals surface area contributed by atoms with E-state index in [-0.39, 0.29) is 10.8 Å². The number of carboxylic acids is 1. The van der Waals surface area contributed by atoms with Crippen LogP contribution in [-0.2, 0) is 16.4 Å². The Morgan fingerprint density at radius 2 is 1.95 bits per heavy atom. The SMILES string of the molecule is O=C(O)c1ccc2c(c1)N(S(=O)(=O)C1CCCC1)CC2. The fourth-order valence-corrected chi connectivity index (χ4v) is 5.19. The van der Waals surface area contributed by atoms with E-state index in [1.165, 1.54) is 16.4 Å². The number of rotatable bonds is 3. The largest absolute Gasteiger partial charge is 0.478 e. The summed E-state index contributed by atoms with van der Waals surface area (Å²) in [5.74, 6) is -1.03. The molecule has 1 heterocycles. The Bertz CT molecular complexity index is 647. The molecule has 0 spiro atoms. The first kappa shape index (κ1) is 13.4. The molecule has 1 saturated carbocycles. The number of anilines is 1. The topological polar surface area (TPSA) is 74.7 Å². The van der Waals surface area contributed by atoms with Gasteiger partial charge in [0.25, 0.3) is 0 Å². The third-order valence-electron chi connectivity index (χ3n) is 4.22. The van der Waals surface area contributed by atoms with E-state index >= 15 is 0 Å². The summed E-state index contributed by atoms with van der Waals surface area (Å²) in [6, 6.07) is 4.74. The molecule has 1 aliphatic heterocycles. The van der Waals surface area contributed by atoms with Gasteiger partial charge in [0.05, 0.1) is 16.5 Å². The maximum Gasteiger partial charge on any atom is 0.335 e. The van der Waals surface area contributed by atoms with Crippen molar-refractivity contribution in [3.05, 3.63) is 29.3 Å². The van der Waals surface area contributed by atoms with Crippen LogP contribution in [-0.4, -0.2) is 31.3 Å². The molecule has 0 saturated heterocycles. The van der Waals surface area contributed by atoms with Crippen LogP contribution in [0.3, 0.4) is 0 Å². The van der Waals surface area contributed by atoms with Crippen molar-refractivity contribution in [2.75, 3.05) is 10.8 Å². The first-order valence-corrected chi connectivity index (χ1v) is 8.38. The summed E-state index contributed by atoms with van der Waals surface area (Å²) in [4.78, 5) is 11.0. The van der Waals surface area contributed by atoms with Gasteiger partial charge in [-0.3, -0.25) is 4.31 Å². The number of hydrogen-bond donors (Lipinski definition) is 1. The molecule has 0 amide bonds. The molecule has 1 aliphatic carbocycles. The van der Waals surface area contributed by atoms with Crippen LogP contribution in [0, 0.1) is 0 Å². The Kier molecular flexibility index (Phi) is 3.20. The lowest BCUT2D eigenvalue weighted by Crippen LogP contribution is -2.36. The Morgan fingerprint density at radius 1 is 1.25 bits per heavy atom. The van der Waals surface area contributed by atoms with Gasteiger partial charge in [-0.2, -0.15) is 0 Å². The van der Waals surface area contributed by atoms with E-state index in [1.807, 2.05) is 0 Å². The molecule has 0 unspecified atom stereocenters. The third kappa shape index (κ3) is 2.08. The normalized spacial score (nSPS) is 19.3. The second-order valence-corrected chi connectivity index (χ2v) is 7.56. The predicted molar refractivity (Wildman–Crippen MR) is 75.6 cm³/mol. The highest BCUT2D eigenvalue weighted by Gasteiger charge is 2.37. The van der Waals surface area contributed by atoms with Crippen LogP contribution >= 0.6 is 0 Å². The Balaban J connectivity index is 1.99. The number of hydrogen-bond acceptors (Lipinski definition) is 3. The van der Waals surface area contributed by atoms with Crippen molar-refractivity contribution in [1.82, 2.24) is 0 Å². The Morgan fingerprint density at radius 3 is 2.60 bits per heavy atom. The molecule has 1 fully saturated rings. The molecule has 0 aromatic heterocycles. The molecule has 3 rings (SSSR count). The number of fused-ring (bicyclic) bond motifs is 1. The van der Waals surface area contributed by atoms with Crippen LogP contribution in [0.2, 0.25) is 0 Å². The monoisotopic (exact) mass is 295 g/mol. The summed E-state index contributed by atoms with van der Waals surface area (Å²) in [5.41, 5.74) is 1.60. The van der Waals surface area contributed by atoms with Crippen molar-refractivity contribution in [3.8, 4) is 0 Å². The maximum absolute atomic E-state index is 12.7. The molecule has 1 aromatic rings. The second-order valence-electron chi connectivity index (χ2n) is 5.42. The minimum atomic E-state index is -3.35. The van der Waals surface area contributed by atoms with Crippen LogP contribution in [0.25, 0.3) is 0 Å². The molecule has 0 bridgehead atoms. The predicted octanol–water partition coefficient (Wildman–Crippen LogP) is 2.02. The number of sulfonamides is 1. The van der Waals surface area contributed by atoms with Gasteiger partial charge in [-0.15, -0.1) is 0 Å². The average Bonchev–Trinajstić information content (AvgIpc) is 3.07. The van der Waals surface area contributed by atoms with E-state index in [0.717, 1.165) is 18.4 Å². The summed E-state index contributed by atoms with van der Waals surface area (Å²) in [6.45, 7) is 0.428. The number of benzene rings is 1. The van der Waals surface area contributed by atoms with Gasteiger partial charge in [0.2, 0.25) is 10.0 Å². The van der Waals surface area contributed by atoms with Gasteiger partial charge in [-0.1, -0.05) is 18.9 Å². The molecule has 6 heteroatoms. The summed E-state index contributed by atoms with van der Waals surface area (Å²) in [7, 11) is -3.35. The molecule has 0 radical (unpaired) electrons. The van der Waals surface area contributed by atoms with Crippen molar-refractivity contribution in [2.45, 2.75) is 37.4 Å². The molecular weight excluding hydrogens is 278 g/mol. The van der Waals surface area contributed by atoms with Crippen molar-refractivity contribution in [2.24, 2.45) is 0 Å². The minimum Gasteiger partial charge on any atom is -0.478 e. The van der Waals surface area contributed by atoms with Gasteiger partial charge in [0.15, 0.2) is 0 Å². The minimum absolute atomic E-state index is 0.136. The van der Waals surface area contributed by atoms with Crippen LogP contribution in [0.5, 0.6) is 0 Å². The highest BCUT2D eigenvalue weighted by molar-refractivity contribution is 7.93. The molecule has 5 nitrogen and oxygen atoms in total. The van der Waals surface area contributed by atoms with E-state index in [0.29, 0.717) is 31.5 Å². The Labute approximate surface area is 118 Å². The lowest BCUT2D eigenvalue weighted by Gasteiger charge is -2.23. The maximum atomic E-state index is 12.7. The van der Waals surface area contributed by atoms with Gasteiger partial charge in [-0.05, 0) is 37.0 Å². The van der Waals surface area contributed by atoms with Crippen LogP contribution in [0.4, 0.5) is 5.69 Å². The zero-order chi connectivity index (χ0) is 14.3. The fourth-order valence-electron chi connectivity index (χ4n) is 3.11. The van der Waals surface area contributed by atoms with Gasteiger partial charge in [0.1, 0.15) is 0 Å². The first-order chi connectivity index (χ1) is 9.50. The summed E-state index contributed by atoms with van der Waals surface area (Å²) >= 11 is 0. The summed E-state index contributed by atoms with van der Waals surface area (Å²) in [5, 5.41) is 8.74. The highest BCUT2D eigenvalue weighted by atomic mass is 32.2. The van der Waals surface area contributed by atoms with Crippen LogP contribution in [0.15, 0.2) is 18.2 Å². The van der Waals surface area contributed by atoms with E-state index in [1.54, 1.807) is 6.07 Å². The summed E-state index contributed by atoms with van der Waals surface area (Å²) in [6.07, 6.45) is 4.00. The highest BCUT2D eigenvalue weighted by Crippen LogP contribution is 2.36. The lowest BCUT2D eigenvalue weighted by molar-refractivity contribution is 0.0697.